The molecule has 7 nitrogen and oxygen atoms in total. The highest BCUT2D eigenvalue weighted by Crippen LogP contribution is 2.45. The van der Waals surface area contributed by atoms with Crippen LogP contribution in [0.3, 0.4) is 0 Å². The first-order chi connectivity index (χ1) is 18.6. The number of ether oxygens (including phenoxy) is 3. The predicted molar refractivity (Wildman–Crippen MR) is 142 cm³/mol. The van der Waals surface area contributed by atoms with Gasteiger partial charge in [0.2, 0.25) is 0 Å². The summed E-state index contributed by atoms with van der Waals surface area (Å²) in [6.07, 6.45) is 0. The molecule has 0 aliphatic carbocycles. The van der Waals surface area contributed by atoms with Gasteiger partial charge in [0.1, 0.15) is 23.1 Å². The first kappa shape index (κ1) is 27.6. The van der Waals surface area contributed by atoms with E-state index in [-0.39, 0.29) is 22.7 Å². The maximum absolute atomic E-state index is 15.0. The van der Waals surface area contributed by atoms with Gasteiger partial charge in [0.05, 0.1) is 38.1 Å². The second-order valence-electron chi connectivity index (χ2n) is 9.22. The summed E-state index contributed by atoms with van der Waals surface area (Å²) >= 11 is 0. The minimum atomic E-state index is -1.25. The number of ketones is 1. The zero-order chi connectivity index (χ0) is 28.4. The minimum absolute atomic E-state index is 0.0227. The van der Waals surface area contributed by atoms with Crippen molar-refractivity contribution in [3.05, 3.63) is 88.5 Å². The number of anilines is 1. The van der Waals surface area contributed by atoms with Crippen LogP contribution in [0.2, 0.25) is 0 Å². The van der Waals surface area contributed by atoms with E-state index >= 15 is 4.39 Å². The number of methoxy groups -OCH3 is 2. The summed E-state index contributed by atoms with van der Waals surface area (Å²) < 4.78 is 45.2. The van der Waals surface area contributed by atoms with Gasteiger partial charge in [-0.1, -0.05) is 19.9 Å². The molecule has 1 fully saturated rings. The molecule has 4 rings (SSSR count). The molecule has 204 valence electrons. The molecular weight excluding hydrogens is 508 g/mol. The molecule has 1 aliphatic rings. The third-order valence-corrected chi connectivity index (χ3v) is 6.54. The quantitative estimate of drug-likeness (QED) is 0.211. The Morgan fingerprint density at radius 2 is 1.64 bits per heavy atom. The van der Waals surface area contributed by atoms with Crippen LogP contribution in [0.15, 0.2) is 60.2 Å². The molecule has 3 aromatic rings. The molecular formula is C30H29F2NO6. The van der Waals surface area contributed by atoms with Crippen molar-refractivity contribution in [3.63, 3.8) is 0 Å². The Hall–Kier alpha value is -4.40. The van der Waals surface area contributed by atoms with Crippen LogP contribution in [-0.4, -0.2) is 37.6 Å². The van der Waals surface area contributed by atoms with Crippen molar-refractivity contribution in [2.45, 2.75) is 32.7 Å². The maximum atomic E-state index is 15.0. The number of amides is 1. The lowest BCUT2D eigenvalue weighted by molar-refractivity contribution is -0.132. The molecule has 0 spiro atoms. The molecule has 9 heteroatoms. The monoisotopic (exact) mass is 537 g/mol. The maximum Gasteiger partial charge on any atom is 0.300 e. The molecule has 1 N–H and O–H groups in total. The van der Waals surface area contributed by atoms with Crippen LogP contribution in [0, 0.1) is 11.6 Å². The fraction of sp³-hybridized carbons (Fsp3) is 0.267. The molecule has 1 atom stereocenters. The van der Waals surface area contributed by atoms with Gasteiger partial charge in [0, 0.05) is 11.6 Å². The van der Waals surface area contributed by atoms with Crippen molar-refractivity contribution in [2.24, 2.45) is 0 Å². The summed E-state index contributed by atoms with van der Waals surface area (Å²) in [5.74, 6) is -3.05. The highest BCUT2D eigenvalue weighted by atomic mass is 19.1. The lowest BCUT2D eigenvalue weighted by Crippen LogP contribution is -2.30. The smallest absolute Gasteiger partial charge is 0.300 e. The number of benzene rings is 3. The van der Waals surface area contributed by atoms with Crippen LogP contribution in [0.5, 0.6) is 17.2 Å². The Balaban J connectivity index is 2.00. The summed E-state index contributed by atoms with van der Waals surface area (Å²) in [5.41, 5.74) is 0.840. The molecule has 1 amide bonds. The van der Waals surface area contributed by atoms with Crippen LogP contribution in [-0.2, 0) is 9.59 Å². The zero-order valence-corrected chi connectivity index (χ0v) is 22.2. The molecule has 0 aromatic heterocycles. The molecule has 1 saturated heterocycles. The van der Waals surface area contributed by atoms with E-state index in [0.717, 1.165) is 22.6 Å². The van der Waals surface area contributed by atoms with E-state index < -0.39 is 35.1 Å². The lowest BCUT2D eigenvalue weighted by atomic mass is 9.93. The number of nitrogens with zero attached hydrogens (tertiary/aromatic N) is 1. The second-order valence-corrected chi connectivity index (χ2v) is 9.22. The van der Waals surface area contributed by atoms with Gasteiger partial charge in [0.25, 0.3) is 11.7 Å². The van der Waals surface area contributed by atoms with Crippen molar-refractivity contribution >= 4 is 23.1 Å². The average molecular weight is 538 g/mol. The Labute approximate surface area is 225 Å². The van der Waals surface area contributed by atoms with Crippen molar-refractivity contribution in [3.8, 4) is 17.2 Å². The highest BCUT2D eigenvalue weighted by molar-refractivity contribution is 6.51. The van der Waals surface area contributed by atoms with Crippen LogP contribution >= 0.6 is 0 Å². The van der Waals surface area contributed by atoms with Crippen LogP contribution < -0.4 is 19.1 Å². The standard InChI is InChI=1S/C30H29F2NO6/c1-6-39-25-14-17(7-12-24(25)38-5)27-26(28(34)18-8-11-23(37-4)20(13-18)16(2)3)29(35)30(36)33(27)22-10-9-19(31)15-21(22)32/h7-16,27,34H,6H2,1-5H3/b28-26+. The predicted octanol–water partition coefficient (Wildman–Crippen LogP) is 6.13. The summed E-state index contributed by atoms with van der Waals surface area (Å²) in [7, 11) is 3.00. The molecule has 0 radical (unpaired) electrons. The minimum Gasteiger partial charge on any atom is -0.507 e. The van der Waals surface area contributed by atoms with Crippen molar-refractivity contribution in [2.75, 3.05) is 25.7 Å². The number of rotatable bonds is 8. The normalized spacial score (nSPS) is 16.6. The molecule has 0 bridgehead atoms. The van der Waals surface area contributed by atoms with E-state index in [2.05, 4.69) is 0 Å². The fourth-order valence-corrected chi connectivity index (χ4v) is 4.69. The number of aliphatic hydroxyl groups excluding tert-OH is 1. The number of hydrogen-bond acceptors (Lipinski definition) is 6. The summed E-state index contributed by atoms with van der Waals surface area (Å²) in [6, 6.07) is 11.1. The van der Waals surface area contributed by atoms with E-state index in [4.69, 9.17) is 14.2 Å². The Morgan fingerprint density at radius 3 is 2.26 bits per heavy atom. The van der Waals surface area contributed by atoms with Crippen molar-refractivity contribution in [1.29, 1.82) is 0 Å². The van der Waals surface area contributed by atoms with Gasteiger partial charge in [0.15, 0.2) is 11.5 Å². The van der Waals surface area contributed by atoms with E-state index in [0.29, 0.717) is 35.5 Å². The molecule has 1 heterocycles. The molecule has 1 aliphatic heterocycles. The number of carbonyl (C=O) groups is 2. The topological polar surface area (TPSA) is 85.3 Å². The van der Waals surface area contributed by atoms with E-state index in [1.54, 1.807) is 43.3 Å². The van der Waals surface area contributed by atoms with Gasteiger partial charge in [-0.3, -0.25) is 14.5 Å². The lowest BCUT2D eigenvalue weighted by Gasteiger charge is -2.26. The van der Waals surface area contributed by atoms with Gasteiger partial charge in [-0.05, 0) is 66.4 Å². The number of hydrogen-bond donors (Lipinski definition) is 1. The molecule has 3 aromatic carbocycles. The number of halogens is 2. The van der Waals surface area contributed by atoms with Crippen LogP contribution in [0.4, 0.5) is 14.5 Å². The van der Waals surface area contributed by atoms with E-state index in [1.807, 2.05) is 13.8 Å². The largest absolute Gasteiger partial charge is 0.507 e. The first-order valence-electron chi connectivity index (χ1n) is 12.4. The van der Waals surface area contributed by atoms with Gasteiger partial charge in [-0.2, -0.15) is 0 Å². The third kappa shape index (κ3) is 5.04. The number of carbonyl (C=O) groups excluding carboxylic acids is 2. The van der Waals surface area contributed by atoms with Crippen molar-refractivity contribution < 1.29 is 37.7 Å². The Morgan fingerprint density at radius 1 is 0.949 bits per heavy atom. The molecule has 0 saturated carbocycles. The van der Waals surface area contributed by atoms with E-state index in [9.17, 15) is 19.1 Å². The average Bonchev–Trinajstić information content (AvgIpc) is 3.18. The molecule has 39 heavy (non-hydrogen) atoms. The van der Waals surface area contributed by atoms with Gasteiger partial charge in [-0.15, -0.1) is 0 Å². The summed E-state index contributed by atoms with van der Waals surface area (Å²) in [5, 5.41) is 11.5. The third-order valence-electron chi connectivity index (χ3n) is 6.54. The summed E-state index contributed by atoms with van der Waals surface area (Å²) in [6.45, 7) is 5.98. The first-order valence-corrected chi connectivity index (χ1v) is 12.4. The Bertz CT molecular complexity index is 1470. The highest BCUT2D eigenvalue weighted by Gasteiger charge is 2.48. The second kappa shape index (κ2) is 11.1. The molecule has 1 unspecified atom stereocenters. The van der Waals surface area contributed by atoms with Gasteiger partial charge >= 0.3 is 0 Å². The van der Waals surface area contributed by atoms with Gasteiger partial charge in [-0.25, -0.2) is 8.78 Å². The van der Waals surface area contributed by atoms with E-state index in [1.165, 1.54) is 14.2 Å². The van der Waals surface area contributed by atoms with Gasteiger partial charge < -0.3 is 19.3 Å². The van der Waals surface area contributed by atoms with Crippen LogP contribution in [0.1, 0.15) is 49.4 Å². The number of Topliss-reactive ketones (excluding diaryl/α,β-unsaturated/α-hetero) is 1. The SMILES string of the molecule is CCOc1cc(C2/C(=C(\O)c3ccc(OC)c(C(C)C)c3)C(=O)C(=O)N2c2ccc(F)cc2F)ccc1OC. The zero-order valence-electron chi connectivity index (χ0n) is 22.2. The fourth-order valence-electron chi connectivity index (χ4n) is 4.69. The van der Waals surface area contributed by atoms with Crippen molar-refractivity contribution in [1.82, 2.24) is 0 Å². The Kier molecular flexibility index (Phi) is 7.90. The number of aliphatic hydroxyl groups is 1. The van der Waals surface area contributed by atoms with Crippen LogP contribution in [0.25, 0.3) is 5.76 Å². The summed E-state index contributed by atoms with van der Waals surface area (Å²) in [4.78, 5) is 27.8.